The van der Waals surface area contributed by atoms with Gasteiger partial charge in [-0.3, -0.25) is 10.1 Å². The van der Waals surface area contributed by atoms with Gasteiger partial charge in [0.05, 0.1) is 4.92 Å². The Hall–Kier alpha value is -2.14. The molecule has 2 aromatic carbocycles. The van der Waals surface area contributed by atoms with E-state index in [1.165, 1.54) is 12.1 Å². The SMILES string of the molecule is O=[N+]([O-])c1cccc(COc2ccc(CCl)cc2)c1F. The van der Waals surface area contributed by atoms with Gasteiger partial charge in [0.2, 0.25) is 5.82 Å². The molecule has 0 bridgehead atoms. The highest BCUT2D eigenvalue weighted by atomic mass is 35.5. The fourth-order valence-corrected chi connectivity index (χ4v) is 1.83. The first kappa shape index (κ1) is 14.3. The van der Waals surface area contributed by atoms with Crippen molar-refractivity contribution in [3.8, 4) is 5.75 Å². The van der Waals surface area contributed by atoms with Crippen LogP contribution in [-0.4, -0.2) is 4.92 Å². The summed E-state index contributed by atoms with van der Waals surface area (Å²) < 4.78 is 19.2. The average Bonchev–Trinajstić information content (AvgIpc) is 2.46. The Labute approximate surface area is 119 Å². The summed E-state index contributed by atoms with van der Waals surface area (Å²) in [5.41, 5.74) is 0.532. The molecule has 2 rings (SSSR count). The van der Waals surface area contributed by atoms with Crippen molar-refractivity contribution < 1.29 is 14.1 Å². The van der Waals surface area contributed by atoms with Crippen LogP contribution in [0, 0.1) is 15.9 Å². The number of hydrogen-bond donors (Lipinski definition) is 0. The van der Waals surface area contributed by atoms with Crippen LogP contribution in [0.15, 0.2) is 42.5 Å². The molecule has 0 aromatic heterocycles. The van der Waals surface area contributed by atoms with Crippen molar-refractivity contribution >= 4 is 17.3 Å². The van der Waals surface area contributed by atoms with Gasteiger partial charge in [0.15, 0.2) is 0 Å². The maximum atomic E-state index is 13.8. The van der Waals surface area contributed by atoms with Crippen LogP contribution in [0.3, 0.4) is 0 Å². The summed E-state index contributed by atoms with van der Waals surface area (Å²) in [7, 11) is 0. The van der Waals surface area contributed by atoms with Gasteiger partial charge >= 0.3 is 5.69 Å². The van der Waals surface area contributed by atoms with E-state index in [1.807, 2.05) is 0 Å². The molecule has 0 radical (unpaired) electrons. The lowest BCUT2D eigenvalue weighted by Gasteiger charge is -2.07. The van der Waals surface area contributed by atoms with Crippen molar-refractivity contribution in [2.75, 3.05) is 0 Å². The van der Waals surface area contributed by atoms with E-state index in [0.29, 0.717) is 11.6 Å². The number of nitrogens with zero attached hydrogens (tertiary/aromatic N) is 1. The molecule has 0 aliphatic heterocycles. The monoisotopic (exact) mass is 295 g/mol. The largest absolute Gasteiger partial charge is 0.489 e. The van der Waals surface area contributed by atoms with Crippen LogP contribution < -0.4 is 4.74 Å². The summed E-state index contributed by atoms with van der Waals surface area (Å²) in [6.07, 6.45) is 0. The highest BCUT2D eigenvalue weighted by molar-refractivity contribution is 6.17. The Morgan fingerprint density at radius 2 is 1.90 bits per heavy atom. The van der Waals surface area contributed by atoms with Gasteiger partial charge in [-0.05, 0) is 17.7 Å². The molecule has 0 spiro atoms. The number of halogens is 2. The van der Waals surface area contributed by atoms with Crippen molar-refractivity contribution in [3.05, 3.63) is 69.5 Å². The van der Waals surface area contributed by atoms with Crippen LogP contribution in [0.4, 0.5) is 10.1 Å². The number of nitro benzene ring substituents is 1. The number of alkyl halides is 1. The molecule has 4 nitrogen and oxygen atoms in total. The molecule has 104 valence electrons. The summed E-state index contributed by atoms with van der Waals surface area (Å²) in [4.78, 5) is 9.88. The minimum absolute atomic E-state index is 0.0757. The zero-order valence-electron chi connectivity index (χ0n) is 10.4. The van der Waals surface area contributed by atoms with E-state index in [-0.39, 0.29) is 12.2 Å². The smallest absolute Gasteiger partial charge is 0.305 e. The number of rotatable bonds is 5. The molecule has 0 amide bonds. The molecule has 2 aromatic rings. The summed E-state index contributed by atoms with van der Waals surface area (Å²) in [6, 6.07) is 11.0. The molecule has 0 fully saturated rings. The molecule has 0 saturated heterocycles. The van der Waals surface area contributed by atoms with Crippen LogP contribution >= 0.6 is 11.6 Å². The van der Waals surface area contributed by atoms with E-state index in [1.54, 1.807) is 24.3 Å². The third-order valence-electron chi connectivity index (χ3n) is 2.73. The number of benzene rings is 2. The van der Waals surface area contributed by atoms with E-state index >= 15 is 0 Å². The zero-order valence-corrected chi connectivity index (χ0v) is 11.1. The van der Waals surface area contributed by atoms with Crippen molar-refractivity contribution in [1.82, 2.24) is 0 Å². The van der Waals surface area contributed by atoms with Gasteiger partial charge in [0, 0.05) is 17.5 Å². The molecule has 0 atom stereocenters. The molecular formula is C14H11ClFNO3. The highest BCUT2D eigenvalue weighted by Gasteiger charge is 2.17. The van der Waals surface area contributed by atoms with Crippen LogP contribution in [0.25, 0.3) is 0 Å². The number of ether oxygens (including phenoxy) is 1. The fourth-order valence-electron chi connectivity index (χ4n) is 1.65. The van der Waals surface area contributed by atoms with Gasteiger partial charge in [-0.25, -0.2) is 0 Å². The predicted octanol–water partition coefficient (Wildman–Crippen LogP) is 4.05. The van der Waals surface area contributed by atoms with Gasteiger partial charge in [-0.15, -0.1) is 11.6 Å². The molecule has 0 unspecified atom stereocenters. The van der Waals surface area contributed by atoms with Gasteiger partial charge in [-0.1, -0.05) is 24.3 Å². The summed E-state index contributed by atoms with van der Waals surface area (Å²) >= 11 is 5.67. The van der Waals surface area contributed by atoms with E-state index in [2.05, 4.69) is 0 Å². The quantitative estimate of drug-likeness (QED) is 0.475. The Morgan fingerprint density at radius 3 is 2.50 bits per heavy atom. The Bertz CT molecular complexity index is 616. The van der Waals surface area contributed by atoms with Crippen LogP contribution in [0.2, 0.25) is 0 Å². The van der Waals surface area contributed by atoms with E-state index in [0.717, 1.165) is 11.6 Å². The second-order valence-electron chi connectivity index (χ2n) is 4.07. The molecule has 0 saturated carbocycles. The van der Waals surface area contributed by atoms with Crippen LogP contribution in [0.1, 0.15) is 11.1 Å². The standard InChI is InChI=1S/C14H11ClFNO3/c15-8-10-4-6-12(7-5-10)20-9-11-2-1-3-13(14(11)16)17(18)19/h1-7H,8-9H2. The van der Waals surface area contributed by atoms with Crippen molar-refractivity contribution in [3.63, 3.8) is 0 Å². The third kappa shape index (κ3) is 3.24. The minimum Gasteiger partial charge on any atom is -0.489 e. The first-order valence-corrected chi connectivity index (χ1v) is 6.34. The lowest BCUT2D eigenvalue weighted by atomic mass is 10.2. The molecule has 0 aliphatic carbocycles. The molecule has 6 heteroatoms. The molecule has 0 heterocycles. The summed E-state index contributed by atoms with van der Waals surface area (Å²) in [5.74, 6) is 0.0828. The lowest BCUT2D eigenvalue weighted by molar-refractivity contribution is -0.387. The molecular weight excluding hydrogens is 285 g/mol. The average molecular weight is 296 g/mol. The van der Waals surface area contributed by atoms with Crippen LogP contribution in [-0.2, 0) is 12.5 Å². The van der Waals surface area contributed by atoms with Crippen LogP contribution in [0.5, 0.6) is 5.75 Å². The van der Waals surface area contributed by atoms with Crippen molar-refractivity contribution in [1.29, 1.82) is 0 Å². The van der Waals surface area contributed by atoms with E-state index < -0.39 is 16.4 Å². The van der Waals surface area contributed by atoms with Crippen molar-refractivity contribution in [2.45, 2.75) is 12.5 Å². The minimum atomic E-state index is -0.866. The van der Waals surface area contributed by atoms with E-state index in [9.17, 15) is 14.5 Å². The van der Waals surface area contributed by atoms with Crippen molar-refractivity contribution in [2.24, 2.45) is 0 Å². The highest BCUT2D eigenvalue weighted by Crippen LogP contribution is 2.22. The molecule has 20 heavy (non-hydrogen) atoms. The Morgan fingerprint density at radius 1 is 1.20 bits per heavy atom. The maximum absolute atomic E-state index is 13.8. The van der Waals surface area contributed by atoms with Gasteiger partial charge in [-0.2, -0.15) is 4.39 Å². The fraction of sp³-hybridized carbons (Fsp3) is 0.143. The third-order valence-corrected chi connectivity index (χ3v) is 3.04. The summed E-state index contributed by atoms with van der Waals surface area (Å²) in [5, 5.41) is 10.6. The number of nitro groups is 1. The normalized spacial score (nSPS) is 10.3. The molecule has 0 aliphatic rings. The first-order chi connectivity index (χ1) is 9.61. The van der Waals surface area contributed by atoms with Gasteiger partial charge in [0.25, 0.3) is 0 Å². The topological polar surface area (TPSA) is 52.4 Å². The summed E-state index contributed by atoms with van der Waals surface area (Å²) in [6.45, 7) is -0.0757. The maximum Gasteiger partial charge on any atom is 0.305 e. The lowest BCUT2D eigenvalue weighted by Crippen LogP contribution is -2.01. The van der Waals surface area contributed by atoms with Gasteiger partial charge in [0.1, 0.15) is 12.4 Å². The zero-order chi connectivity index (χ0) is 14.5. The van der Waals surface area contributed by atoms with E-state index in [4.69, 9.17) is 16.3 Å². The predicted molar refractivity (Wildman–Crippen MR) is 73.4 cm³/mol. The second-order valence-corrected chi connectivity index (χ2v) is 4.34. The Balaban J connectivity index is 2.10. The van der Waals surface area contributed by atoms with Gasteiger partial charge < -0.3 is 4.74 Å². The number of hydrogen-bond acceptors (Lipinski definition) is 3. The first-order valence-electron chi connectivity index (χ1n) is 5.81. The Kier molecular flexibility index (Phi) is 4.53. The molecule has 0 N–H and O–H groups in total. The second kappa shape index (κ2) is 6.34.